The molecule has 2 saturated carbocycles. The SMILES string of the molecule is Cc1ncsc1-c1ccc(CNC(=O)[C@@H]2C[C@@H](O)CN2C(=O)[C@@H](NC(=O)COCCOCCOCCOCC(=O)O[C@H]2CC[C@H]3[C@@H]4CCc5cc(O)ccc5[C@H]4CC[C@]23C)C(C)(C)C)cc1. The van der Waals surface area contributed by atoms with Crippen LogP contribution in [0.2, 0.25) is 0 Å². The van der Waals surface area contributed by atoms with Crippen LogP contribution >= 0.6 is 11.3 Å². The van der Waals surface area contributed by atoms with Crippen LogP contribution in [0.3, 0.4) is 0 Å². The maximum Gasteiger partial charge on any atom is 0.332 e. The monoisotopic (exact) mass is 932 g/mol. The highest BCUT2D eigenvalue weighted by atomic mass is 32.1. The van der Waals surface area contributed by atoms with Crippen molar-refractivity contribution < 1.29 is 53.1 Å². The molecule has 16 heteroatoms. The van der Waals surface area contributed by atoms with Crippen LogP contribution in [0, 0.1) is 29.6 Å². The van der Waals surface area contributed by atoms with Gasteiger partial charge in [-0.2, -0.15) is 0 Å². The van der Waals surface area contributed by atoms with E-state index in [9.17, 15) is 29.4 Å². The van der Waals surface area contributed by atoms with E-state index in [4.69, 9.17) is 23.7 Å². The molecule has 0 unspecified atom stereocenters. The number of aromatic hydroxyl groups is 1. The highest BCUT2D eigenvalue weighted by Crippen LogP contribution is 2.61. The van der Waals surface area contributed by atoms with E-state index in [2.05, 4.69) is 28.6 Å². The molecular weight excluding hydrogens is 865 g/mol. The number of β-amino-alcohol motifs (C(OH)–C–C–N with tert-alkyl or cyclic N) is 1. The second kappa shape index (κ2) is 22.1. The van der Waals surface area contributed by atoms with Crippen LogP contribution in [0.15, 0.2) is 48.0 Å². The largest absolute Gasteiger partial charge is 0.508 e. The van der Waals surface area contributed by atoms with Gasteiger partial charge in [0.1, 0.15) is 37.2 Å². The summed E-state index contributed by atoms with van der Waals surface area (Å²) < 4.78 is 28.3. The van der Waals surface area contributed by atoms with Crippen LogP contribution in [-0.2, 0) is 55.8 Å². The number of fused-ring (bicyclic) bond motifs is 5. The Labute approximate surface area is 392 Å². The Kier molecular flexibility index (Phi) is 16.6. The molecule has 0 spiro atoms. The number of carbonyl (C=O) groups excluding carboxylic acids is 4. The number of likely N-dealkylation sites (tertiary alicyclic amines) is 1. The molecule has 1 aliphatic heterocycles. The lowest BCUT2D eigenvalue weighted by molar-refractivity contribution is -0.163. The average molecular weight is 933 g/mol. The number of phenols is 1. The molecule has 3 amide bonds. The molecule has 66 heavy (non-hydrogen) atoms. The molecule has 360 valence electrons. The van der Waals surface area contributed by atoms with Gasteiger partial charge in [0.05, 0.1) is 61.8 Å². The van der Waals surface area contributed by atoms with Crippen molar-refractivity contribution >= 4 is 35.0 Å². The maximum atomic E-state index is 13.9. The highest BCUT2D eigenvalue weighted by Gasteiger charge is 2.56. The third kappa shape index (κ3) is 12.0. The summed E-state index contributed by atoms with van der Waals surface area (Å²) in [5, 5.41) is 26.2. The van der Waals surface area contributed by atoms with Gasteiger partial charge in [0.2, 0.25) is 17.7 Å². The van der Waals surface area contributed by atoms with Crippen molar-refractivity contribution in [2.24, 2.45) is 22.7 Å². The standard InChI is InChI=1S/C50H68N4O11S/c1-31-45(66-30-52-31)33-8-6-32(7-9-33)26-51-47(59)41-25-36(56)27-54(41)48(60)46(49(2,3)4)53-43(57)28-63-22-20-61-18-19-62-21-23-64-29-44(58)65-42-15-14-40-39-12-10-34-24-35(55)11-13-37(34)38(39)16-17-50(40,42)5/h6-9,11,13,24,30,36,38-42,46,55-56H,10,12,14-23,25-29H2,1-5H3,(H,51,59)(H,53,57)/t36-,38-,39-,40+,41+,42+,46-,50+/m1/s1. The fourth-order valence-corrected chi connectivity index (χ4v) is 11.6. The maximum absolute atomic E-state index is 13.9. The third-order valence-electron chi connectivity index (χ3n) is 14.2. The molecule has 0 bridgehead atoms. The Morgan fingerprint density at radius 1 is 0.924 bits per heavy atom. The first kappa shape index (κ1) is 49.5. The average Bonchev–Trinajstić information content (AvgIpc) is 4.00. The van der Waals surface area contributed by atoms with Crippen molar-refractivity contribution in [2.45, 2.75) is 116 Å². The van der Waals surface area contributed by atoms with E-state index < -0.39 is 35.4 Å². The van der Waals surface area contributed by atoms with Crippen LogP contribution < -0.4 is 10.6 Å². The molecule has 8 atom stereocenters. The first-order valence-electron chi connectivity index (χ1n) is 23.5. The number of ether oxygens (including phenoxy) is 5. The van der Waals surface area contributed by atoms with Gasteiger partial charge < -0.3 is 49.4 Å². The normalized spacial score (nSPS) is 25.1. The zero-order chi connectivity index (χ0) is 47.0. The number of aliphatic hydroxyl groups is 1. The summed E-state index contributed by atoms with van der Waals surface area (Å²) in [4.78, 5) is 59.9. The van der Waals surface area contributed by atoms with E-state index in [0.717, 1.165) is 60.2 Å². The van der Waals surface area contributed by atoms with Gasteiger partial charge >= 0.3 is 5.97 Å². The Hall–Kier alpha value is -4.45. The zero-order valence-electron chi connectivity index (χ0n) is 39.1. The number of thiazole rings is 1. The molecule has 1 saturated heterocycles. The van der Waals surface area contributed by atoms with E-state index in [-0.39, 0.29) is 82.5 Å². The van der Waals surface area contributed by atoms with Crippen LogP contribution in [-0.4, -0.2) is 127 Å². The first-order chi connectivity index (χ1) is 31.6. The number of esters is 1. The van der Waals surface area contributed by atoms with Gasteiger partial charge in [0, 0.05) is 24.9 Å². The van der Waals surface area contributed by atoms with Crippen molar-refractivity contribution in [1.82, 2.24) is 20.5 Å². The number of carbonyl (C=O) groups is 4. The van der Waals surface area contributed by atoms with Gasteiger partial charge in [-0.1, -0.05) is 58.0 Å². The van der Waals surface area contributed by atoms with Gasteiger partial charge in [0.25, 0.3) is 0 Å². The summed E-state index contributed by atoms with van der Waals surface area (Å²) in [5.74, 6) is 0.272. The minimum atomic E-state index is -0.970. The molecule has 4 N–H and O–H groups in total. The van der Waals surface area contributed by atoms with Crippen molar-refractivity contribution in [3.8, 4) is 16.2 Å². The molecule has 7 rings (SSSR count). The second-order valence-electron chi connectivity index (χ2n) is 19.7. The van der Waals surface area contributed by atoms with Crippen LogP contribution in [0.1, 0.15) is 94.5 Å². The number of aromatic nitrogens is 1. The number of aryl methyl sites for hydroxylation is 2. The first-order valence-corrected chi connectivity index (χ1v) is 24.4. The Morgan fingerprint density at radius 3 is 2.30 bits per heavy atom. The Morgan fingerprint density at radius 2 is 1.62 bits per heavy atom. The van der Waals surface area contributed by atoms with E-state index in [1.54, 1.807) is 11.3 Å². The van der Waals surface area contributed by atoms with Crippen LogP contribution in [0.5, 0.6) is 5.75 Å². The third-order valence-corrected chi connectivity index (χ3v) is 15.2. The fourth-order valence-electron chi connectivity index (χ4n) is 10.8. The molecule has 3 fully saturated rings. The predicted octanol–water partition coefficient (Wildman–Crippen LogP) is 5.47. The number of benzene rings is 2. The lowest BCUT2D eigenvalue weighted by atomic mass is 9.55. The van der Waals surface area contributed by atoms with Crippen molar-refractivity contribution in [3.63, 3.8) is 0 Å². The lowest BCUT2D eigenvalue weighted by Crippen LogP contribution is -2.58. The van der Waals surface area contributed by atoms with Gasteiger partial charge in [0.15, 0.2) is 0 Å². The molecule has 1 aromatic heterocycles. The fraction of sp³-hybridized carbons (Fsp3) is 0.620. The molecule has 4 aliphatic rings. The minimum absolute atomic E-state index is 0.0192. The number of aliphatic hydroxyl groups excluding tert-OH is 1. The zero-order valence-corrected chi connectivity index (χ0v) is 39.9. The van der Waals surface area contributed by atoms with Gasteiger partial charge in [-0.3, -0.25) is 14.4 Å². The van der Waals surface area contributed by atoms with Gasteiger partial charge in [-0.15, -0.1) is 11.3 Å². The summed E-state index contributed by atoms with van der Waals surface area (Å²) in [6, 6.07) is 11.9. The Balaban J connectivity index is 0.733. The highest BCUT2D eigenvalue weighted by molar-refractivity contribution is 7.13. The molecule has 3 aliphatic carbocycles. The predicted molar refractivity (Wildman–Crippen MR) is 248 cm³/mol. The quantitative estimate of drug-likeness (QED) is 0.0826. The molecule has 2 heterocycles. The van der Waals surface area contributed by atoms with E-state index in [1.807, 2.05) is 69.6 Å². The molecular formula is C50H68N4O11S. The summed E-state index contributed by atoms with van der Waals surface area (Å²) >= 11 is 1.57. The van der Waals surface area contributed by atoms with Crippen molar-refractivity contribution in [1.29, 1.82) is 0 Å². The number of hydrogen-bond donors (Lipinski definition) is 4. The minimum Gasteiger partial charge on any atom is -0.508 e. The molecule has 15 nitrogen and oxygen atoms in total. The number of hydrogen-bond acceptors (Lipinski definition) is 13. The molecule has 3 aromatic rings. The number of amides is 3. The van der Waals surface area contributed by atoms with Gasteiger partial charge in [-0.25, -0.2) is 9.78 Å². The number of phenolic OH excluding ortho intramolecular Hbond substituents is 1. The lowest BCUT2D eigenvalue weighted by Gasteiger charge is -2.50. The summed E-state index contributed by atoms with van der Waals surface area (Å²) in [7, 11) is 0. The van der Waals surface area contributed by atoms with Crippen LogP contribution in [0.4, 0.5) is 0 Å². The van der Waals surface area contributed by atoms with E-state index in [1.165, 1.54) is 16.0 Å². The van der Waals surface area contributed by atoms with E-state index in [0.29, 0.717) is 36.7 Å². The Bertz CT molecular complexity index is 2140. The van der Waals surface area contributed by atoms with Gasteiger partial charge in [-0.05, 0) is 103 Å². The summed E-state index contributed by atoms with van der Waals surface area (Å²) in [5.41, 5.74) is 6.64. The molecule has 2 aromatic carbocycles. The topological polar surface area (TPSA) is 195 Å². The summed E-state index contributed by atoms with van der Waals surface area (Å²) in [6.45, 7) is 11.1. The second-order valence-corrected chi connectivity index (χ2v) is 20.5. The number of nitrogens with zero attached hydrogens (tertiary/aromatic N) is 2. The summed E-state index contributed by atoms with van der Waals surface area (Å²) in [6.07, 6.45) is 5.22. The molecule has 0 radical (unpaired) electrons. The van der Waals surface area contributed by atoms with Crippen molar-refractivity contribution in [3.05, 3.63) is 70.4 Å². The smallest absolute Gasteiger partial charge is 0.332 e. The van der Waals surface area contributed by atoms with Crippen LogP contribution in [0.25, 0.3) is 10.4 Å². The number of nitrogens with one attached hydrogen (secondary N) is 2. The van der Waals surface area contributed by atoms with Crippen molar-refractivity contribution in [2.75, 3.05) is 59.4 Å². The van der Waals surface area contributed by atoms with E-state index >= 15 is 0 Å². The number of rotatable bonds is 20.